The molecule has 0 aliphatic carbocycles. The van der Waals surface area contributed by atoms with Crippen molar-refractivity contribution >= 4 is 0 Å². The lowest BCUT2D eigenvalue weighted by atomic mass is 9.96. The molecule has 1 aliphatic heterocycles. The van der Waals surface area contributed by atoms with E-state index in [1.165, 1.54) is 19.3 Å². The van der Waals surface area contributed by atoms with Crippen LogP contribution in [0.1, 0.15) is 40.0 Å². The Morgan fingerprint density at radius 2 is 2.00 bits per heavy atom. The average Bonchev–Trinajstić information content (AvgIpc) is 2.26. The van der Waals surface area contributed by atoms with E-state index in [9.17, 15) is 0 Å². The van der Waals surface area contributed by atoms with Crippen LogP contribution < -0.4 is 5.32 Å². The van der Waals surface area contributed by atoms with Gasteiger partial charge in [0.05, 0.1) is 0 Å². The topological polar surface area (TPSA) is 21.3 Å². The van der Waals surface area contributed by atoms with E-state index in [-0.39, 0.29) is 0 Å². The summed E-state index contributed by atoms with van der Waals surface area (Å²) < 4.78 is 5.42. The first kappa shape index (κ1) is 11.0. The summed E-state index contributed by atoms with van der Waals surface area (Å²) in [5.74, 6) is 0. The average molecular weight is 185 g/mol. The van der Waals surface area contributed by atoms with Gasteiger partial charge in [-0.1, -0.05) is 20.8 Å². The van der Waals surface area contributed by atoms with Crippen molar-refractivity contribution in [2.45, 2.75) is 46.1 Å². The predicted octanol–water partition coefficient (Wildman–Crippen LogP) is 2.19. The van der Waals surface area contributed by atoms with Gasteiger partial charge in [0, 0.05) is 25.8 Å². The molecule has 0 bridgehead atoms. The van der Waals surface area contributed by atoms with Crippen molar-refractivity contribution in [1.82, 2.24) is 5.32 Å². The molecule has 1 rings (SSSR count). The van der Waals surface area contributed by atoms with Gasteiger partial charge >= 0.3 is 0 Å². The maximum absolute atomic E-state index is 5.42. The second-order valence-electron chi connectivity index (χ2n) is 5.18. The summed E-state index contributed by atoms with van der Waals surface area (Å²) in [7, 11) is 0. The van der Waals surface area contributed by atoms with Crippen LogP contribution in [0.5, 0.6) is 0 Å². The first-order chi connectivity index (χ1) is 6.08. The molecule has 1 atom stereocenters. The van der Waals surface area contributed by atoms with Crippen molar-refractivity contribution in [1.29, 1.82) is 0 Å². The fourth-order valence-corrected chi connectivity index (χ4v) is 1.56. The standard InChI is InChI=1S/C11H23NO/c1-11(2,3)9-12-10-5-4-7-13-8-6-10/h10,12H,4-9H2,1-3H3. The first-order valence-corrected chi connectivity index (χ1v) is 5.39. The van der Waals surface area contributed by atoms with Gasteiger partial charge < -0.3 is 10.1 Å². The van der Waals surface area contributed by atoms with Crippen LogP contribution >= 0.6 is 0 Å². The summed E-state index contributed by atoms with van der Waals surface area (Å²) in [6.45, 7) is 9.81. The van der Waals surface area contributed by atoms with E-state index >= 15 is 0 Å². The van der Waals surface area contributed by atoms with Crippen molar-refractivity contribution in [3.05, 3.63) is 0 Å². The molecule has 0 aromatic heterocycles. The predicted molar refractivity (Wildman–Crippen MR) is 55.9 cm³/mol. The van der Waals surface area contributed by atoms with Crippen LogP contribution in [0.25, 0.3) is 0 Å². The van der Waals surface area contributed by atoms with Crippen LogP contribution in [-0.2, 0) is 4.74 Å². The Morgan fingerprint density at radius 1 is 1.23 bits per heavy atom. The summed E-state index contributed by atoms with van der Waals surface area (Å²) in [4.78, 5) is 0. The third-order valence-electron chi connectivity index (χ3n) is 2.37. The first-order valence-electron chi connectivity index (χ1n) is 5.39. The zero-order valence-electron chi connectivity index (χ0n) is 9.23. The van der Waals surface area contributed by atoms with Crippen LogP contribution in [0.2, 0.25) is 0 Å². The molecule has 0 saturated carbocycles. The number of hydrogen-bond acceptors (Lipinski definition) is 2. The minimum absolute atomic E-state index is 0.396. The van der Waals surface area contributed by atoms with Gasteiger partial charge in [0.2, 0.25) is 0 Å². The molecule has 1 saturated heterocycles. The van der Waals surface area contributed by atoms with Crippen molar-refractivity contribution in [3.8, 4) is 0 Å². The van der Waals surface area contributed by atoms with Gasteiger partial charge in [0.25, 0.3) is 0 Å². The zero-order chi connectivity index (χ0) is 9.73. The minimum Gasteiger partial charge on any atom is -0.381 e. The summed E-state index contributed by atoms with van der Waals surface area (Å²) in [6, 6.07) is 0.682. The van der Waals surface area contributed by atoms with Gasteiger partial charge in [-0.05, 0) is 24.7 Å². The Kier molecular flexibility index (Phi) is 4.20. The second kappa shape index (κ2) is 4.97. The maximum atomic E-state index is 5.42. The van der Waals surface area contributed by atoms with Crippen LogP contribution in [0.3, 0.4) is 0 Å². The van der Waals surface area contributed by atoms with E-state index in [2.05, 4.69) is 26.1 Å². The van der Waals surface area contributed by atoms with Gasteiger partial charge in [-0.3, -0.25) is 0 Å². The lowest BCUT2D eigenvalue weighted by molar-refractivity contribution is 0.142. The summed E-state index contributed by atoms with van der Waals surface area (Å²) in [6.07, 6.45) is 3.66. The van der Waals surface area contributed by atoms with Crippen LogP contribution in [0.4, 0.5) is 0 Å². The highest BCUT2D eigenvalue weighted by atomic mass is 16.5. The molecule has 0 aromatic carbocycles. The molecule has 0 radical (unpaired) electrons. The van der Waals surface area contributed by atoms with Gasteiger partial charge in [0.1, 0.15) is 0 Å². The largest absolute Gasteiger partial charge is 0.381 e. The minimum atomic E-state index is 0.396. The smallest absolute Gasteiger partial charge is 0.0480 e. The molecule has 1 aliphatic rings. The molecule has 1 fully saturated rings. The molecular formula is C11H23NO. The quantitative estimate of drug-likeness (QED) is 0.712. The molecule has 2 heteroatoms. The highest BCUT2D eigenvalue weighted by Crippen LogP contribution is 2.13. The Hall–Kier alpha value is -0.0800. The molecule has 1 unspecified atom stereocenters. The highest BCUT2D eigenvalue weighted by Gasteiger charge is 2.15. The fraction of sp³-hybridized carbons (Fsp3) is 1.00. The number of hydrogen-bond donors (Lipinski definition) is 1. The molecule has 1 heterocycles. The number of nitrogens with one attached hydrogen (secondary N) is 1. The van der Waals surface area contributed by atoms with E-state index in [4.69, 9.17) is 4.74 Å². The van der Waals surface area contributed by atoms with Crippen molar-refractivity contribution in [3.63, 3.8) is 0 Å². The molecule has 0 aromatic rings. The Morgan fingerprint density at radius 3 is 2.69 bits per heavy atom. The Labute approximate surface area is 82.0 Å². The van der Waals surface area contributed by atoms with Crippen molar-refractivity contribution < 1.29 is 4.74 Å². The highest BCUT2D eigenvalue weighted by molar-refractivity contribution is 4.73. The third-order valence-corrected chi connectivity index (χ3v) is 2.37. The molecule has 1 N–H and O–H groups in total. The number of rotatable bonds is 2. The van der Waals surface area contributed by atoms with E-state index in [0.29, 0.717) is 11.5 Å². The van der Waals surface area contributed by atoms with Gasteiger partial charge in [-0.15, -0.1) is 0 Å². The summed E-state index contributed by atoms with van der Waals surface area (Å²) in [5.41, 5.74) is 0.396. The molecule has 78 valence electrons. The summed E-state index contributed by atoms with van der Waals surface area (Å²) >= 11 is 0. The van der Waals surface area contributed by atoms with Gasteiger partial charge in [-0.2, -0.15) is 0 Å². The van der Waals surface area contributed by atoms with E-state index < -0.39 is 0 Å². The normalized spacial score (nSPS) is 25.6. The molecule has 0 spiro atoms. The zero-order valence-corrected chi connectivity index (χ0v) is 9.23. The molecule has 0 amide bonds. The van der Waals surface area contributed by atoms with Crippen LogP contribution in [-0.4, -0.2) is 25.8 Å². The molecule has 2 nitrogen and oxygen atoms in total. The maximum Gasteiger partial charge on any atom is 0.0480 e. The van der Waals surface area contributed by atoms with Gasteiger partial charge in [-0.25, -0.2) is 0 Å². The molecular weight excluding hydrogens is 162 g/mol. The monoisotopic (exact) mass is 185 g/mol. The Balaban J connectivity index is 2.19. The van der Waals surface area contributed by atoms with Crippen LogP contribution in [0.15, 0.2) is 0 Å². The van der Waals surface area contributed by atoms with E-state index in [1.54, 1.807) is 0 Å². The SMILES string of the molecule is CC(C)(C)CNC1CCCOCC1. The van der Waals surface area contributed by atoms with Crippen LogP contribution in [0, 0.1) is 5.41 Å². The Bertz CT molecular complexity index is 132. The lowest BCUT2D eigenvalue weighted by Crippen LogP contribution is -2.35. The van der Waals surface area contributed by atoms with Crippen molar-refractivity contribution in [2.24, 2.45) is 5.41 Å². The second-order valence-corrected chi connectivity index (χ2v) is 5.18. The van der Waals surface area contributed by atoms with E-state index in [1.807, 2.05) is 0 Å². The number of ether oxygens (including phenoxy) is 1. The third kappa shape index (κ3) is 5.27. The fourth-order valence-electron chi connectivity index (χ4n) is 1.56. The lowest BCUT2D eigenvalue weighted by Gasteiger charge is -2.23. The molecule has 13 heavy (non-hydrogen) atoms. The van der Waals surface area contributed by atoms with Gasteiger partial charge in [0.15, 0.2) is 0 Å². The van der Waals surface area contributed by atoms with Crippen molar-refractivity contribution in [2.75, 3.05) is 19.8 Å². The van der Waals surface area contributed by atoms with E-state index in [0.717, 1.165) is 19.8 Å². The summed E-state index contributed by atoms with van der Waals surface area (Å²) in [5, 5.41) is 3.62.